The van der Waals surface area contributed by atoms with Gasteiger partial charge in [-0.15, -0.1) is 5.10 Å². The van der Waals surface area contributed by atoms with Gasteiger partial charge in [-0.3, -0.25) is 14.5 Å². The molecule has 0 fully saturated rings. The molecule has 0 radical (unpaired) electrons. The third-order valence-electron chi connectivity index (χ3n) is 6.57. The maximum atomic E-state index is 14.2. The minimum Gasteiger partial charge on any atom is -0.497 e. The fourth-order valence-corrected chi connectivity index (χ4v) is 4.46. The van der Waals surface area contributed by atoms with Crippen molar-refractivity contribution in [2.75, 3.05) is 32.8 Å². The van der Waals surface area contributed by atoms with Crippen molar-refractivity contribution in [3.63, 3.8) is 0 Å². The second-order valence-electron chi connectivity index (χ2n) is 9.68. The van der Waals surface area contributed by atoms with Crippen LogP contribution in [-0.2, 0) is 16.1 Å². The Balaban J connectivity index is 1.84. The van der Waals surface area contributed by atoms with Gasteiger partial charge in [-0.1, -0.05) is 37.3 Å². The lowest BCUT2D eigenvalue weighted by Gasteiger charge is -2.32. The molecule has 0 spiro atoms. The molecule has 1 N–H and O–H groups in total. The van der Waals surface area contributed by atoms with E-state index in [-0.39, 0.29) is 18.4 Å². The molecular weight excluding hydrogens is 510 g/mol. The van der Waals surface area contributed by atoms with Gasteiger partial charge in [0.25, 0.3) is 0 Å². The fraction of sp³-hybridized carbons (Fsp3) is 0.333. The highest BCUT2D eigenvalue weighted by atomic mass is 16.5. The average Bonchev–Trinajstić information content (AvgIpc) is 3.37. The maximum absolute atomic E-state index is 14.2. The van der Waals surface area contributed by atoms with E-state index in [1.165, 1.54) is 16.7 Å². The molecule has 0 unspecified atom stereocenters. The van der Waals surface area contributed by atoms with Crippen molar-refractivity contribution in [3.05, 3.63) is 72.3 Å². The largest absolute Gasteiger partial charge is 0.497 e. The van der Waals surface area contributed by atoms with Crippen molar-refractivity contribution < 1.29 is 23.8 Å². The lowest BCUT2D eigenvalue weighted by Crippen LogP contribution is -2.45. The van der Waals surface area contributed by atoms with Crippen LogP contribution in [-0.4, -0.2) is 54.7 Å². The molecule has 40 heavy (non-hydrogen) atoms. The van der Waals surface area contributed by atoms with Crippen molar-refractivity contribution in [3.8, 4) is 17.2 Å². The molecule has 4 rings (SSSR count). The van der Waals surface area contributed by atoms with Gasteiger partial charge < -0.3 is 19.5 Å². The smallest absolute Gasteiger partial charge is 0.249 e. The first-order chi connectivity index (χ1) is 19.4. The lowest BCUT2D eigenvalue weighted by atomic mass is 10.0. The van der Waals surface area contributed by atoms with Gasteiger partial charge in [0.05, 0.1) is 26.8 Å². The summed E-state index contributed by atoms with van der Waals surface area (Å²) < 4.78 is 18.1. The van der Waals surface area contributed by atoms with Gasteiger partial charge >= 0.3 is 0 Å². The van der Waals surface area contributed by atoms with Crippen molar-refractivity contribution in [1.29, 1.82) is 0 Å². The van der Waals surface area contributed by atoms with E-state index in [0.29, 0.717) is 52.0 Å². The Morgan fingerprint density at radius 1 is 0.925 bits per heavy atom. The van der Waals surface area contributed by atoms with Crippen LogP contribution in [0.15, 0.2) is 66.7 Å². The highest BCUT2D eigenvalue weighted by Crippen LogP contribution is 2.37. The van der Waals surface area contributed by atoms with Crippen LogP contribution in [0.4, 0.5) is 5.69 Å². The van der Waals surface area contributed by atoms with Gasteiger partial charge in [0.1, 0.15) is 35.4 Å². The monoisotopic (exact) mass is 545 g/mol. The first-order valence-corrected chi connectivity index (χ1v) is 13.1. The highest BCUT2D eigenvalue weighted by molar-refractivity contribution is 6.02. The maximum Gasteiger partial charge on any atom is 0.249 e. The molecule has 4 aromatic rings. The Bertz CT molecular complexity index is 1470. The van der Waals surface area contributed by atoms with Crippen LogP contribution in [0.2, 0.25) is 0 Å². The Kier molecular flexibility index (Phi) is 9.21. The van der Waals surface area contributed by atoms with E-state index in [4.69, 9.17) is 14.2 Å². The number of methoxy groups -OCH3 is 3. The van der Waals surface area contributed by atoms with Crippen LogP contribution in [0, 0.1) is 5.92 Å². The molecule has 3 aromatic carbocycles. The van der Waals surface area contributed by atoms with Gasteiger partial charge in [-0.25, -0.2) is 4.68 Å². The Hall–Kier alpha value is -4.60. The van der Waals surface area contributed by atoms with E-state index in [1.807, 2.05) is 24.3 Å². The number of para-hydroxylation sites is 1. The van der Waals surface area contributed by atoms with Crippen molar-refractivity contribution >= 4 is 28.5 Å². The minimum atomic E-state index is -1.07. The number of nitrogens with zero attached hydrogens (tertiary/aromatic N) is 4. The first-order valence-electron chi connectivity index (χ1n) is 13.1. The van der Waals surface area contributed by atoms with Crippen LogP contribution in [0.3, 0.4) is 0 Å². The van der Waals surface area contributed by atoms with Crippen molar-refractivity contribution in [2.24, 2.45) is 5.92 Å². The third-order valence-corrected chi connectivity index (χ3v) is 6.57. The van der Waals surface area contributed by atoms with Crippen molar-refractivity contribution in [1.82, 2.24) is 20.3 Å². The predicted octanol–water partition coefficient (Wildman–Crippen LogP) is 4.39. The molecule has 1 heterocycles. The molecule has 0 aliphatic heterocycles. The summed E-state index contributed by atoms with van der Waals surface area (Å²) in [5.74, 6) is 1.20. The van der Waals surface area contributed by atoms with Gasteiger partial charge in [0.15, 0.2) is 0 Å². The number of carbonyl (C=O) groups is 2. The van der Waals surface area contributed by atoms with Gasteiger partial charge in [0.2, 0.25) is 11.8 Å². The summed E-state index contributed by atoms with van der Waals surface area (Å²) in [6.07, 6.45) is 0.788. The topological polar surface area (TPSA) is 108 Å². The van der Waals surface area contributed by atoms with Crippen LogP contribution >= 0.6 is 0 Å². The Morgan fingerprint density at radius 3 is 2.40 bits per heavy atom. The molecule has 0 bridgehead atoms. The summed E-state index contributed by atoms with van der Waals surface area (Å²) in [6.45, 7) is 4.49. The van der Waals surface area contributed by atoms with E-state index in [0.717, 1.165) is 6.42 Å². The highest BCUT2D eigenvalue weighted by Gasteiger charge is 2.35. The van der Waals surface area contributed by atoms with Gasteiger partial charge in [0, 0.05) is 29.9 Å². The lowest BCUT2D eigenvalue weighted by molar-refractivity contribution is -0.127. The number of benzene rings is 3. The number of anilines is 1. The summed E-state index contributed by atoms with van der Waals surface area (Å²) in [4.78, 5) is 29.7. The fourth-order valence-electron chi connectivity index (χ4n) is 4.46. The molecule has 1 aromatic heterocycles. The number of fused-ring (bicyclic) bond motifs is 1. The molecule has 0 saturated carbocycles. The Labute approximate surface area is 233 Å². The van der Waals surface area contributed by atoms with E-state index in [2.05, 4.69) is 29.5 Å². The second-order valence-corrected chi connectivity index (χ2v) is 9.68. The summed E-state index contributed by atoms with van der Waals surface area (Å²) in [6, 6.07) is 18.6. The first kappa shape index (κ1) is 28.4. The SMILES string of the molecule is COc1cccc(N(C(=O)Cn2nnc3ccccc32)[C@@H](C(=O)NCCC(C)C)c2ccc(OC)cc2OC)c1. The van der Waals surface area contributed by atoms with Crippen molar-refractivity contribution in [2.45, 2.75) is 32.9 Å². The third kappa shape index (κ3) is 6.33. The van der Waals surface area contributed by atoms with Crippen LogP contribution in [0.25, 0.3) is 11.0 Å². The summed E-state index contributed by atoms with van der Waals surface area (Å²) in [5.41, 5.74) is 2.37. The van der Waals surface area contributed by atoms with E-state index in [9.17, 15) is 9.59 Å². The molecular formula is C30H35N5O5. The second kappa shape index (κ2) is 13.0. The summed E-state index contributed by atoms with van der Waals surface area (Å²) in [5, 5.41) is 11.4. The molecule has 1 atom stereocenters. The predicted molar refractivity (Wildman–Crippen MR) is 153 cm³/mol. The molecule has 0 saturated heterocycles. The summed E-state index contributed by atoms with van der Waals surface area (Å²) >= 11 is 0. The average molecular weight is 546 g/mol. The molecule has 2 amide bonds. The minimum absolute atomic E-state index is 0.147. The number of nitrogens with one attached hydrogen (secondary N) is 1. The number of amides is 2. The number of hydrogen-bond acceptors (Lipinski definition) is 7. The normalized spacial score (nSPS) is 11.8. The van der Waals surface area contributed by atoms with E-state index >= 15 is 0 Å². The van der Waals surface area contributed by atoms with Gasteiger partial charge in [-0.2, -0.15) is 0 Å². The molecule has 10 nitrogen and oxygen atoms in total. The van der Waals surface area contributed by atoms with Gasteiger partial charge in [-0.05, 0) is 48.7 Å². The Morgan fingerprint density at radius 2 is 1.68 bits per heavy atom. The zero-order valence-electron chi connectivity index (χ0n) is 23.5. The van der Waals surface area contributed by atoms with Crippen LogP contribution < -0.4 is 24.4 Å². The molecule has 0 aliphatic rings. The zero-order chi connectivity index (χ0) is 28.6. The molecule has 10 heteroatoms. The number of hydrogen-bond donors (Lipinski definition) is 1. The molecule has 0 aliphatic carbocycles. The van der Waals surface area contributed by atoms with E-state index in [1.54, 1.807) is 56.7 Å². The number of ether oxygens (including phenoxy) is 3. The molecule has 210 valence electrons. The summed E-state index contributed by atoms with van der Waals surface area (Å²) in [7, 11) is 4.62. The zero-order valence-corrected chi connectivity index (χ0v) is 23.5. The van der Waals surface area contributed by atoms with Crippen LogP contribution in [0.1, 0.15) is 31.9 Å². The number of rotatable bonds is 12. The number of carbonyl (C=O) groups excluding carboxylic acids is 2. The standard InChI is InChI=1S/C30H35N5O5/c1-20(2)15-16-31-30(37)29(24-14-13-23(39-4)18-27(24)40-5)35(21-9-8-10-22(17-21)38-3)28(36)19-34-26-12-7-6-11-25(26)32-33-34/h6-14,17-18,20,29H,15-16,19H2,1-5H3,(H,31,37)/t29-/m1/s1. The number of aromatic nitrogens is 3. The van der Waals surface area contributed by atoms with E-state index < -0.39 is 6.04 Å². The van der Waals surface area contributed by atoms with Crippen LogP contribution in [0.5, 0.6) is 17.2 Å². The quantitative estimate of drug-likeness (QED) is 0.281.